The van der Waals surface area contributed by atoms with Crippen molar-refractivity contribution >= 4 is 17.6 Å². The molecule has 0 atom stereocenters. The molecule has 132 valence electrons. The summed E-state index contributed by atoms with van der Waals surface area (Å²) in [5, 5.41) is 6.86. The first-order chi connectivity index (χ1) is 11.7. The number of urea groups is 1. The molecule has 3 rings (SSSR count). The summed E-state index contributed by atoms with van der Waals surface area (Å²) >= 11 is 5.92. The number of rotatable bonds is 7. The smallest absolute Gasteiger partial charge is 0.315 e. The van der Waals surface area contributed by atoms with Gasteiger partial charge in [-0.3, -0.25) is 0 Å². The summed E-state index contributed by atoms with van der Waals surface area (Å²) in [6.45, 7) is 0.798. The Morgan fingerprint density at radius 1 is 1.08 bits per heavy atom. The number of benzene rings is 1. The zero-order chi connectivity index (χ0) is 16.8. The Hall–Kier alpha value is -1.22. The van der Waals surface area contributed by atoms with Crippen molar-refractivity contribution in [1.29, 1.82) is 0 Å². The van der Waals surface area contributed by atoms with Crippen molar-refractivity contribution in [3.63, 3.8) is 0 Å². The first-order valence-corrected chi connectivity index (χ1v) is 9.88. The van der Waals surface area contributed by atoms with Crippen molar-refractivity contribution < 1.29 is 4.79 Å². The maximum absolute atomic E-state index is 11.9. The van der Waals surface area contributed by atoms with E-state index in [0.717, 1.165) is 36.7 Å². The normalized spacial score (nSPS) is 23.7. The lowest BCUT2D eigenvalue weighted by Gasteiger charge is -2.36. The minimum absolute atomic E-state index is 0.00424. The number of amides is 2. The van der Waals surface area contributed by atoms with Crippen LogP contribution in [0.25, 0.3) is 0 Å². The quantitative estimate of drug-likeness (QED) is 0.649. The highest BCUT2D eigenvalue weighted by Gasteiger charge is 2.31. The van der Waals surface area contributed by atoms with Gasteiger partial charge in [0.15, 0.2) is 0 Å². The summed E-state index contributed by atoms with van der Waals surface area (Å²) in [5.74, 6) is 1.51. The van der Waals surface area contributed by atoms with Crippen molar-refractivity contribution in [2.75, 3.05) is 6.54 Å². The molecule has 0 spiro atoms. The molecule has 2 aliphatic carbocycles. The van der Waals surface area contributed by atoms with Crippen molar-refractivity contribution in [2.45, 2.75) is 69.7 Å². The Balaban J connectivity index is 1.23. The lowest BCUT2D eigenvalue weighted by molar-refractivity contribution is 0.222. The summed E-state index contributed by atoms with van der Waals surface area (Å²) in [6, 6.07) is 8.37. The number of nitrogens with one attached hydrogen (secondary N) is 2. The van der Waals surface area contributed by atoms with Crippen molar-refractivity contribution in [3.05, 3.63) is 34.9 Å². The van der Waals surface area contributed by atoms with Crippen LogP contribution in [0, 0.1) is 5.92 Å². The van der Waals surface area contributed by atoms with Crippen molar-refractivity contribution in [3.8, 4) is 0 Å². The highest BCUT2D eigenvalue weighted by molar-refractivity contribution is 6.30. The number of hydrogen-bond acceptors (Lipinski definition) is 1. The Morgan fingerprint density at radius 2 is 1.79 bits per heavy atom. The number of halogens is 1. The Kier molecular flexibility index (Phi) is 6.42. The van der Waals surface area contributed by atoms with Gasteiger partial charge < -0.3 is 10.6 Å². The standard InChI is InChI=1S/C20H29ClN2O/c21-18-10-8-16(9-11-18)17-13-19(14-17)23-20(24)22-12-4-3-7-15-5-1-2-6-15/h8-11,15,17,19H,1-7,12-14H2,(H2,22,23,24). The van der Waals surface area contributed by atoms with Gasteiger partial charge in [-0.05, 0) is 48.8 Å². The Bertz CT molecular complexity index is 519. The molecule has 2 fully saturated rings. The Labute approximate surface area is 150 Å². The van der Waals surface area contributed by atoms with Crippen LogP contribution >= 0.6 is 11.6 Å². The fraction of sp³-hybridized carbons (Fsp3) is 0.650. The Morgan fingerprint density at radius 3 is 2.50 bits per heavy atom. The lowest BCUT2D eigenvalue weighted by Crippen LogP contribution is -2.47. The van der Waals surface area contributed by atoms with Crippen LogP contribution in [-0.4, -0.2) is 18.6 Å². The molecular weight excluding hydrogens is 320 g/mol. The molecule has 0 aromatic heterocycles. The summed E-state index contributed by atoms with van der Waals surface area (Å²) < 4.78 is 0. The zero-order valence-corrected chi connectivity index (χ0v) is 15.2. The van der Waals surface area contributed by atoms with E-state index < -0.39 is 0 Å². The molecule has 0 heterocycles. The van der Waals surface area contributed by atoms with E-state index in [4.69, 9.17) is 11.6 Å². The van der Waals surface area contributed by atoms with Crippen molar-refractivity contribution in [2.24, 2.45) is 5.92 Å². The lowest BCUT2D eigenvalue weighted by atomic mass is 9.76. The molecule has 2 amide bonds. The van der Waals surface area contributed by atoms with E-state index >= 15 is 0 Å². The number of carbonyl (C=O) groups excluding carboxylic acids is 1. The fourth-order valence-corrected chi connectivity index (χ4v) is 4.16. The molecule has 4 heteroatoms. The summed E-state index contributed by atoms with van der Waals surface area (Å²) in [7, 11) is 0. The van der Waals surface area contributed by atoms with Crippen molar-refractivity contribution in [1.82, 2.24) is 10.6 Å². The van der Waals surface area contributed by atoms with E-state index in [-0.39, 0.29) is 6.03 Å². The van der Waals surface area contributed by atoms with E-state index in [0.29, 0.717) is 12.0 Å². The van der Waals surface area contributed by atoms with Gasteiger partial charge in [0.05, 0.1) is 0 Å². The monoisotopic (exact) mass is 348 g/mol. The van der Waals surface area contributed by atoms with Crippen LogP contribution in [0.1, 0.15) is 69.3 Å². The molecule has 1 aromatic carbocycles. The van der Waals surface area contributed by atoms with Crippen LogP contribution < -0.4 is 10.6 Å². The van der Waals surface area contributed by atoms with Gasteiger partial charge in [0, 0.05) is 17.6 Å². The van der Waals surface area contributed by atoms with E-state index in [1.807, 2.05) is 12.1 Å². The zero-order valence-electron chi connectivity index (χ0n) is 14.4. The van der Waals surface area contributed by atoms with Gasteiger partial charge in [-0.1, -0.05) is 62.3 Å². The van der Waals surface area contributed by atoms with Crippen LogP contribution in [0.5, 0.6) is 0 Å². The molecule has 3 nitrogen and oxygen atoms in total. The third kappa shape index (κ3) is 5.14. The molecule has 0 unspecified atom stereocenters. The highest BCUT2D eigenvalue weighted by atomic mass is 35.5. The van der Waals surface area contributed by atoms with Crippen LogP contribution in [0.15, 0.2) is 24.3 Å². The topological polar surface area (TPSA) is 41.1 Å². The SMILES string of the molecule is O=C(NCCCCC1CCCC1)NC1CC(c2ccc(Cl)cc2)C1. The van der Waals surface area contributed by atoms with Crippen LogP contribution in [0.3, 0.4) is 0 Å². The minimum Gasteiger partial charge on any atom is -0.338 e. The summed E-state index contributed by atoms with van der Waals surface area (Å²) in [6.07, 6.45) is 11.4. The molecule has 0 aliphatic heterocycles. The maximum Gasteiger partial charge on any atom is 0.315 e. The number of hydrogen-bond donors (Lipinski definition) is 2. The molecule has 1 aromatic rings. The van der Waals surface area contributed by atoms with Gasteiger partial charge in [-0.15, -0.1) is 0 Å². The van der Waals surface area contributed by atoms with Gasteiger partial charge in [0.2, 0.25) is 0 Å². The predicted molar refractivity (Wildman–Crippen MR) is 99.6 cm³/mol. The van der Waals surface area contributed by atoms with E-state index in [1.165, 1.54) is 44.1 Å². The van der Waals surface area contributed by atoms with Gasteiger partial charge in [0.1, 0.15) is 0 Å². The molecule has 2 N–H and O–H groups in total. The second kappa shape index (κ2) is 8.75. The van der Waals surface area contributed by atoms with Gasteiger partial charge >= 0.3 is 6.03 Å². The van der Waals surface area contributed by atoms with Gasteiger partial charge in [-0.2, -0.15) is 0 Å². The summed E-state index contributed by atoms with van der Waals surface area (Å²) in [5.41, 5.74) is 1.32. The predicted octanol–water partition coefficient (Wildman–Crippen LogP) is 5.25. The third-order valence-corrected chi connectivity index (χ3v) is 5.87. The average molecular weight is 349 g/mol. The third-order valence-electron chi connectivity index (χ3n) is 5.61. The van der Waals surface area contributed by atoms with E-state index in [1.54, 1.807) is 0 Å². The first kappa shape index (κ1) is 17.6. The first-order valence-electron chi connectivity index (χ1n) is 9.50. The van der Waals surface area contributed by atoms with E-state index in [9.17, 15) is 4.79 Å². The summed E-state index contributed by atoms with van der Waals surface area (Å²) in [4.78, 5) is 11.9. The number of carbonyl (C=O) groups is 1. The van der Waals surface area contributed by atoms with Gasteiger partial charge in [0.25, 0.3) is 0 Å². The molecule has 0 bridgehead atoms. The molecule has 2 aliphatic rings. The average Bonchev–Trinajstić information content (AvgIpc) is 3.05. The minimum atomic E-state index is -0.00424. The largest absolute Gasteiger partial charge is 0.338 e. The van der Waals surface area contributed by atoms with Gasteiger partial charge in [-0.25, -0.2) is 4.79 Å². The molecule has 0 saturated heterocycles. The number of unbranched alkanes of at least 4 members (excludes halogenated alkanes) is 1. The molecule has 0 radical (unpaired) electrons. The van der Waals surface area contributed by atoms with Crippen LogP contribution in [0.2, 0.25) is 5.02 Å². The van der Waals surface area contributed by atoms with Crippen LogP contribution in [0.4, 0.5) is 4.79 Å². The van der Waals surface area contributed by atoms with Crippen LogP contribution in [-0.2, 0) is 0 Å². The van der Waals surface area contributed by atoms with E-state index in [2.05, 4.69) is 22.8 Å². The second-order valence-electron chi connectivity index (χ2n) is 7.46. The fourth-order valence-electron chi connectivity index (χ4n) is 4.04. The molecule has 24 heavy (non-hydrogen) atoms. The molecular formula is C20H29ClN2O. The molecule has 2 saturated carbocycles. The highest BCUT2D eigenvalue weighted by Crippen LogP contribution is 2.37. The second-order valence-corrected chi connectivity index (χ2v) is 7.90. The maximum atomic E-state index is 11.9.